The molecule has 0 N–H and O–H groups in total. The van der Waals surface area contributed by atoms with Crippen molar-refractivity contribution < 1.29 is 17.9 Å². The van der Waals surface area contributed by atoms with Gasteiger partial charge in [-0.25, -0.2) is 17.2 Å². The summed E-state index contributed by atoms with van der Waals surface area (Å²) < 4.78 is 32.4. The largest absolute Gasteiger partial charge is 0.465 e. The van der Waals surface area contributed by atoms with Crippen LogP contribution in [0.3, 0.4) is 0 Å². The van der Waals surface area contributed by atoms with Gasteiger partial charge in [-0.2, -0.15) is 0 Å². The topological polar surface area (TPSA) is 65.4 Å². The number of aromatic nitrogens is 1. The summed E-state index contributed by atoms with van der Waals surface area (Å²) in [6, 6.07) is 11.5. The summed E-state index contributed by atoms with van der Waals surface area (Å²) in [7, 11) is -2.49. The summed E-state index contributed by atoms with van der Waals surface area (Å²) in [6.45, 7) is 1.89. The Bertz CT molecular complexity index is 1040. The van der Waals surface area contributed by atoms with E-state index in [0.29, 0.717) is 20.9 Å². The Hall–Kier alpha value is -2.12. The molecule has 1 heterocycles. The van der Waals surface area contributed by atoms with Crippen molar-refractivity contribution in [3.63, 3.8) is 0 Å². The van der Waals surface area contributed by atoms with Crippen molar-refractivity contribution in [3.05, 3.63) is 64.3 Å². The van der Waals surface area contributed by atoms with Gasteiger partial charge in [0.25, 0.3) is 10.0 Å². The van der Waals surface area contributed by atoms with Gasteiger partial charge in [-0.1, -0.05) is 23.8 Å². The molecule has 0 spiro atoms. The minimum absolute atomic E-state index is 0.181. The summed E-state index contributed by atoms with van der Waals surface area (Å²) in [6.07, 6.45) is 1.45. The highest BCUT2D eigenvalue weighted by Crippen LogP contribution is 2.32. The maximum absolute atomic E-state index is 12.9. The highest BCUT2D eigenvalue weighted by atomic mass is 79.9. The number of rotatable bonds is 3. The van der Waals surface area contributed by atoms with Crippen molar-refractivity contribution in [2.24, 2.45) is 0 Å². The van der Waals surface area contributed by atoms with Crippen LogP contribution < -0.4 is 0 Å². The second-order valence-electron chi connectivity index (χ2n) is 5.28. The van der Waals surface area contributed by atoms with Crippen LogP contribution in [0.15, 0.2) is 58.0 Å². The maximum Gasteiger partial charge on any atom is 0.338 e. The molecule has 0 radical (unpaired) electrons. The third-order valence-electron chi connectivity index (χ3n) is 3.73. The third kappa shape index (κ3) is 2.63. The summed E-state index contributed by atoms with van der Waals surface area (Å²) in [5, 5.41) is 0.500. The zero-order chi connectivity index (χ0) is 17.5. The van der Waals surface area contributed by atoms with Crippen LogP contribution in [-0.4, -0.2) is 25.5 Å². The molecule has 7 heteroatoms. The van der Waals surface area contributed by atoms with Gasteiger partial charge in [-0.15, -0.1) is 0 Å². The molecule has 0 aliphatic heterocycles. The number of halogens is 1. The van der Waals surface area contributed by atoms with Gasteiger partial charge >= 0.3 is 5.97 Å². The monoisotopic (exact) mass is 407 g/mol. The van der Waals surface area contributed by atoms with Crippen LogP contribution in [0.5, 0.6) is 0 Å². The Kier molecular flexibility index (Phi) is 4.23. The van der Waals surface area contributed by atoms with E-state index in [9.17, 15) is 13.2 Å². The standard InChI is InChI=1S/C17H14BrNO4S/c1-11-6-8-12(9-7-11)24(21,22)19-10-14(18)16-13(17(20)23-2)4-3-5-15(16)19/h3-10H,1-2H3. The van der Waals surface area contributed by atoms with Crippen LogP contribution >= 0.6 is 15.9 Å². The van der Waals surface area contributed by atoms with Gasteiger partial charge in [0.1, 0.15) is 0 Å². The number of aryl methyl sites for hydroxylation is 1. The summed E-state index contributed by atoms with van der Waals surface area (Å²) in [5.74, 6) is -0.521. The van der Waals surface area contributed by atoms with Gasteiger partial charge in [-0.3, -0.25) is 0 Å². The normalized spacial score (nSPS) is 11.6. The van der Waals surface area contributed by atoms with E-state index < -0.39 is 16.0 Å². The lowest BCUT2D eigenvalue weighted by Crippen LogP contribution is -2.12. The number of ether oxygens (including phenoxy) is 1. The number of benzene rings is 2. The lowest BCUT2D eigenvalue weighted by Gasteiger charge is -2.08. The molecule has 0 aliphatic carbocycles. The van der Waals surface area contributed by atoms with Gasteiger partial charge in [0.2, 0.25) is 0 Å². The molecule has 0 unspecified atom stereocenters. The fourth-order valence-electron chi connectivity index (χ4n) is 2.51. The smallest absolute Gasteiger partial charge is 0.338 e. The van der Waals surface area contributed by atoms with Gasteiger partial charge in [0.15, 0.2) is 0 Å². The van der Waals surface area contributed by atoms with Crippen LogP contribution in [0.4, 0.5) is 0 Å². The fourth-order valence-corrected chi connectivity index (χ4v) is 4.63. The van der Waals surface area contributed by atoms with E-state index in [0.717, 1.165) is 5.56 Å². The van der Waals surface area contributed by atoms with Crippen LogP contribution in [-0.2, 0) is 14.8 Å². The van der Waals surface area contributed by atoms with Gasteiger partial charge in [0, 0.05) is 16.1 Å². The Labute approximate surface area is 148 Å². The van der Waals surface area contributed by atoms with E-state index >= 15 is 0 Å². The Balaban J connectivity index is 2.28. The molecule has 0 aliphatic rings. The van der Waals surface area contributed by atoms with Crippen LogP contribution in [0.1, 0.15) is 15.9 Å². The second kappa shape index (κ2) is 6.07. The van der Waals surface area contributed by atoms with Crippen molar-refractivity contribution in [2.75, 3.05) is 7.11 Å². The minimum Gasteiger partial charge on any atom is -0.465 e. The molecule has 0 fully saturated rings. The number of nitrogens with zero attached hydrogens (tertiary/aromatic N) is 1. The molecule has 0 bridgehead atoms. The molecule has 0 amide bonds. The lowest BCUT2D eigenvalue weighted by atomic mass is 10.1. The lowest BCUT2D eigenvalue weighted by molar-refractivity contribution is 0.0603. The third-order valence-corrected chi connectivity index (χ3v) is 6.02. The summed E-state index contributed by atoms with van der Waals surface area (Å²) in [5.41, 5.74) is 1.69. The van der Waals surface area contributed by atoms with E-state index in [2.05, 4.69) is 15.9 Å². The van der Waals surface area contributed by atoms with Crippen LogP contribution in [0.25, 0.3) is 10.9 Å². The van der Waals surface area contributed by atoms with Crippen LogP contribution in [0.2, 0.25) is 0 Å². The van der Waals surface area contributed by atoms with Gasteiger partial charge in [0.05, 0.1) is 23.1 Å². The number of carbonyl (C=O) groups excluding carboxylic acids is 1. The number of methoxy groups -OCH3 is 1. The van der Waals surface area contributed by atoms with Crippen molar-refractivity contribution in [1.29, 1.82) is 0 Å². The molecule has 0 saturated carbocycles. The first-order valence-corrected chi connectivity index (χ1v) is 9.29. The van der Waals surface area contributed by atoms with Crippen molar-refractivity contribution >= 4 is 42.8 Å². The number of hydrogen-bond donors (Lipinski definition) is 0. The van der Waals surface area contributed by atoms with Crippen molar-refractivity contribution in [1.82, 2.24) is 3.97 Å². The molecule has 124 valence electrons. The average molecular weight is 408 g/mol. The zero-order valence-corrected chi connectivity index (χ0v) is 15.4. The molecule has 3 rings (SSSR count). The molecular weight excluding hydrogens is 394 g/mol. The van der Waals surface area contributed by atoms with E-state index in [1.54, 1.807) is 42.5 Å². The molecule has 5 nitrogen and oxygen atoms in total. The SMILES string of the molecule is COC(=O)c1cccc2c1c(Br)cn2S(=O)(=O)c1ccc(C)cc1. The molecule has 3 aromatic rings. The first kappa shape index (κ1) is 16.7. The average Bonchev–Trinajstić information content (AvgIpc) is 2.92. The Morgan fingerprint density at radius 2 is 1.79 bits per heavy atom. The van der Waals surface area contributed by atoms with Gasteiger partial charge < -0.3 is 4.74 Å². The number of fused-ring (bicyclic) bond motifs is 1. The molecule has 2 aromatic carbocycles. The highest BCUT2D eigenvalue weighted by molar-refractivity contribution is 9.10. The molecule has 0 atom stereocenters. The predicted molar refractivity (Wildman–Crippen MR) is 94.7 cm³/mol. The quantitative estimate of drug-likeness (QED) is 0.620. The fraction of sp³-hybridized carbons (Fsp3) is 0.118. The summed E-state index contributed by atoms with van der Waals surface area (Å²) >= 11 is 3.35. The van der Waals surface area contributed by atoms with Gasteiger partial charge in [-0.05, 0) is 47.1 Å². The molecular formula is C17H14BrNO4S. The van der Waals surface area contributed by atoms with E-state index in [-0.39, 0.29) is 4.90 Å². The maximum atomic E-state index is 12.9. The van der Waals surface area contributed by atoms with Crippen LogP contribution in [0, 0.1) is 6.92 Å². The highest BCUT2D eigenvalue weighted by Gasteiger charge is 2.23. The molecule has 0 saturated heterocycles. The number of carbonyl (C=O) groups is 1. The van der Waals surface area contributed by atoms with E-state index in [4.69, 9.17) is 4.74 Å². The summed E-state index contributed by atoms with van der Waals surface area (Å²) in [4.78, 5) is 12.1. The van der Waals surface area contributed by atoms with Crippen molar-refractivity contribution in [2.45, 2.75) is 11.8 Å². The Morgan fingerprint density at radius 3 is 2.42 bits per heavy atom. The number of esters is 1. The first-order chi connectivity index (χ1) is 11.4. The van der Waals surface area contributed by atoms with E-state index in [1.807, 2.05) is 6.92 Å². The zero-order valence-electron chi connectivity index (χ0n) is 13.0. The minimum atomic E-state index is -3.78. The molecule has 24 heavy (non-hydrogen) atoms. The Morgan fingerprint density at radius 1 is 1.12 bits per heavy atom. The van der Waals surface area contributed by atoms with E-state index in [1.165, 1.54) is 17.3 Å². The second-order valence-corrected chi connectivity index (χ2v) is 7.95. The van der Waals surface area contributed by atoms with Crippen molar-refractivity contribution in [3.8, 4) is 0 Å². The molecule has 1 aromatic heterocycles. The predicted octanol–water partition coefficient (Wildman–Crippen LogP) is 3.74. The first-order valence-electron chi connectivity index (χ1n) is 7.06. The number of hydrogen-bond acceptors (Lipinski definition) is 4.